The summed E-state index contributed by atoms with van der Waals surface area (Å²) < 4.78 is 59.1. The number of aromatic nitrogens is 1. The molecule has 1 saturated heterocycles. The Morgan fingerprint density at radius 1 is 1.10 bits per heavy atom. The number of rotatable bonds is 5. The third kappa shape index (κ3) is 4.70. The van der Waals surface area contributed by atoms with E-state index in [1.54, 1.807) is 23.1 Å². The Hall–Kier alpha value is -3.40. The standard InChI is InChI=1S/C31H33F4N3O3/c1-18(20-15-30(40,16-20)31(33,34)35)37-11-12-38(28(2,3)17-37)27(39)25-14-24-26(41-25)22(29(4)9-10-29)13-23(36-24)19-5-7-21(32)8-6-19/h5-8,13-14,20,40H,1,9-12,15-17H2,2-4H3. The summed E-state index contributed by atoms with van der Waals surface area (Å²) in [6.45, 7) is 11.1. The number of carbonyl (C=O) groups is 1. The van der Waals surface area contributed by atoms with E-state index in [9.17, 15) is 27.5 Å². The summed E-state index contributed by atoms with van der Waals surface area (Å²) in [6.07, 6.45) is -3.49. The number of amides is 1. The van der Waals surface area contributed by atoms with Crippen molar-refractivity contribution in [2.75, 3.05) is 19.6 Å². The fourth-order valence-corrected chi connectivity index (χ4v) is 6.19. The summed E-state index contributed by atoms with van der Waals surface area (Å²) in [4.78, 5) is 22.2. The van der Waals surface area contributed by atoms with Crippen LogP contribution in [0.1, 0.15) is 62.6 Å². The molecule has 1 amide bonds. The van der Waals surface area contributed by atoms with Crippen molar-refractivity contribution < 1.29 is 31.9 Å². The maximum absolute atomic E-state index is 13.8. The van der Waals surface area contributed by atoms with E-state index in [1.807, 2.05) is 24.8 Å². The Bertz CT molecular complexity index is 1530. The fourth-order valence-electron chi connectivity index (χ4n) is 6.19. The smallest absolute Gasteiger partial charge is 0.417 e. The molecule has 0 bridgehead atoms. The van der Waals surface area contributed by atoms with Gasteiger partial charge < -0.3 is 19.3 Å². The molecule has 2 aromatic heterocycles. The van der Waals surface area contributed by atoms with Crippen LogP contribution in [0.25, 0.3) is 22.4 Å². The lowest BCUT2D eigenvalue weighted by molar-refractivity contribution is -0.296. The number of alkyl halides is 3. The molecule has 6 nitrogen and oxygen atoms in total. The molecule has 6 rings (SSSR count). The van der Waals surface area contributed by atoms with Crippen LogP contribution in [0, 0.1) is 11.7 Å². The van der Waals surface area contributed by atoms with Gasteiger partial charge in [0.1, 0.15) is 11.3 Å². The number of carbonyl (C=O) groups excluding carboxylic acids is 1. The van der Waals surface area contributed by atoms with Crippen molar-refractivity contribution in [1.82, 2.24) is 14.8 Å². The first-order chi connectivity index (χ1) is 19.1. The predicted octanol–water partition coefficient (Wildman–Crippen LogP) is 6.44. The average molecular weight is 572 g/mol. The highest BCUT2D eigenvalue weighted by atomic mass is 19.4. The Kier molecular flexibility index (Phi) is 6.12. The van der Waals surface area contributed by atoms with Gasteiger partial charge in [-0.05, 0) is 75.3 Å². The van der Waals surface area contributed by atoms with Gasteiger partial charge in [0.15, 0.2) is 16.9 Å². The van der Waals surface area contributed by atoms with Crippen molar-refractivity contribution in [3.8, 4) is 11.3 Å². The van der Waals surface area contributed by atoms with Crippen LogP contribution in [0.3, 0.4) is 0 Å². The summed E-state index contributed by atoms with van der Waals surface area (Å²) >= 11 is 0. The largest absolute Gasteiger partial charge is 0.449 e. The van der Waals surface area contributed by atoms with Gasteiger partial charge >= 0.3 is 6.18 Å². The van der Waals surface area contributed by atoms with Gasteiger partial charge in [0.25, 0.3) is 5.91 Å². The Labute approximate surface area is 235 Å². The van der Waals surface area contributed by atoms with Gasteiger partial charge in [-0.3, -0.25) is 4.79 Å². The van der Waals surface area contributed by atoms with Crippen molar-refractivity contribution >= 4 is 17.0 Å². The van der Waals surface area contributed by atoms with E-state index in [0.717, 1.165) is 24.0 Å². The Morgan fingerprint density at radius 3 is 2.34 bits per heavy atom. The van der Waals surface area contributed by atoms with Crippen LogP contribution in [0.5, 0.6) is 0 Å². The van der Waals surface area contributed by atoms with Gasteiger partial charge in [-0.15, -0.1) is 0 Å². The maximum Gasteiger partial charge on any atom is 0.417 e. The molecular formula is C31H33F4N3O3. The van der Waals surface area contributed by atoms with Crippen molar-refractivity contribution in [1.29, 1.82) is 0 Å². The minimum atomic E-state index is -4.66. The lowest BCUT2D eigenvalue weighted by Gasteiger charge is -2.52. The van der Waals surface area contributed by atoms with Crippen molar-refractivity contribution in [3.63, 3.8) is 0 Å². The summed E-state index contributed by atoms with van der Waals surface area (Å²) in [7, 11) is 0. The highest BCUT2D eigenvalue weighted by Crippen LogP contribution is 2.52. The number of fused-ring (bicyclic) bond motifs is 1. The number of furan rings is 1. The third-order valence-corrected chi connectivity index (χ3v) is 9.20. The second-order valence-electron chi connectivity index (χ2n) is 12.8. The second kappa shape index (κ2) is 9.05. The number of hydrogen-bond donors (Lipinski definition) is 1. The first-order valence-corrected chi connectivity index (χ1v) is 13.9. The second-order valence-corrected chi connectivity index (χ2v) is 12.8. The van der Waals surface area contributed by atoms with Crippen LogP contribution in [-0.2, 0) is 5.41 Å². The van der Waals surface area contributed by atoms with E-state index >= 15 is 0 Å². The number of pyridine rings is 1. The molecular weight excluding hydrogens is 538 g/mol. The first-order valence-electron chi connectivity index (χ1n) is 13.9. The van der Waals surface area contributed by atoms with Crippen LogP contribution in [-0.4, -0.2) is 62.7 Å². The quantitative estimate of drug-likeness (QED) is 0.357. The Balaban J connectivity index is 1.23. The molecule has 10 heteroatoms. The molecule has 2 aliphatic carbocycles. The van der Waals surface area contributed by atoms with Gasteiger partial charge in [-0.25, -0.2) is 9.37 Å². The van der Waals surface area contributed by atoms with Crippen LogP contribution in [0.15, 0.2) is 53.1 Å². The summed E-state index contributed by atoms with van der Waals surface area (Å²) in [5, 5.41) is 9.87. The van der Waals surface area contributed by atoms with Gasteiger partial charge in [-0.2, -0.15) is 13.2 Å². The van der Waals surface area contributed by atoms with Gasteiger partial charge in [0, 0.05) is 48.4 Å². The molecule has 41 heavy (non-hydrogen) atoms. The van der Waals surface area contributed by atoms with Crippen molar-refractivity contribution in [2.45, 2.75) is 69.2 Å². The number of aliphatic hydroxyl groups is 1. The van der Waals surface area contributed by atoms with E-state index < -0.39 is 36.1 Å². The lowest BCUT2D eigenvalue weighted by Crippen LogP contribution is -2.62. The molecule has 0 atom stereocenters. The van der Waals surface area contributed by atoms with E-state index in [1.165, 1.54) is 12.1 Å². The van der Waals surface area contributed by atoms with E-state index in [4.69, 9.17) is 9.40 Å². The summed E-state index contributed by atoms with van der Waals surface area (Å²) in [6, 6.07) is 9.77. The molecule has 0 spiro atoms. The molecule has 0 unspecified atom stereocenters. The minimum absolute atomic E-state index is 0.0841. The number of benzene rings is 1. The molecule has 1 N–H and O–H groups in total. The third-order valence-electron chi connectivity index (χ3n) is 9.20. The molecule has 1 aromatic carbocycles. The van der Waals surface area contributed by atoms with Gasteiger partial charge in [0.2, 0.25) is 0 Å². The molecule has 1 aliphatic heterocycles. The van der Waals surface area contributed by atoms with E-state index in [-0.39, 0.29) is 22.9 Å². The zero-order valence-electron chi connectivity index (χ0n) is 23.3. The zero-order valence-corrected chi connectivity index (χ0v) is 23.3. The van der Waals surface area contributed by atoms with Crippen LogP contribution in [0.4, 0.5) is 17.6 Å². The predicted molar refractivity (Wildman–Crippen MR) is 146 cm³/mol. The molecule has 218 valence electrons. The highest BCUT2D eigenvalue weighted by molar-refractivity contribution is 5.97. The highest BCUT2D eigenvalue weighted by Gasteiger charge is 2.62. The zero-order chi connectivity index (χ0) is 29.5. The number of nitrogens with zero attached hydrogens (tertiary/aromatic N) is 3. The van der Waals surface area contributed by atoms with Crippen molar-refractivity contribution in [3.05, 3.63) is 65.8 Å². The van der Waals surface area contributed by atoms with Crippen molar-refractivity contribution in [2.24, 2.45) is 5.92 Å². The molecule has 2 saturated carbocycles. The molecule has 3 fully saturated rings. The number of allylic oxidation sites excluding steroid dienone is 1. The average Bonchev–Trinajstić information content (AvgIpc) is 3.48. The lowest BCUT2D eigenvalue weighted by atomic mass is 9.68. The molecule has 3 aromatic rings. The molecule has 0 radical (unpaired) electrons. The summed E-state index contributed by atoms with van der Waals surface area (Å²) in [5.41, 5.74) is 0.709. The van der Waals surface area contributed by atoms with Gasteiger partial charge in [-0.1, -0.05) is 13.5 Å². The molecule has 3 heterocycles. The van der Waals surface area contributed by atoms with E-state index in [0.29, 0.717) is 42.1 Å². The minimum Gasteiger partial charge on any atom is -0.449 e. The SMILES string of the molecule is C=C(C1CC(O)(C(F)(F)F)C1)N1CCN(C(=O)c2cc3nc(-c4ccc(F)cc4)cc(C4(C)CC4)c3o2)C(C)(C)C1. The number of hydrogen-bond acceptors (Lipinski definition) is 5. The van der Waals surface area contributed by atoms with E-state index in [2.05, 4.69) is 13.5 Å². The normalized spacial score (nSPS) is 25.2. The number of piperazine rings is 1. The first kappa shape index (κ1) is 27.8. The monoisotopic (exact) mass is 571 g/mol. The van der Waals surface area contributed by atoms with Crippen LogP contribution < -0.4 is 0 Å². The van der Waals surface area contributed by atoms with Crippen LogP contribution >= 0.6 is 0 Å². The topological polar surface area (TPSA) is 69.8 Å². The summed E-state index contributed by atoms with van der Waals surface area (Å²) in [5.74, 6) is -0.909. The fraction of sp³-hybridized carbons (Fsp3) is 0.484. The van der Waals surface area contributed by atoms with Crippen LogP contribution in [0.2, 0.25) is 0 Å². The number of halogens is 4. The Morgan fingerprint density at radius 2 is 1.76 bits per heavy atom. The van der Waals surface area contributed by atoms with Gasteiger partial charge in [0.05, 0.1) is 11.2 Å². The molecule has 3 aliphatic rings. The maximum atomic E-state index is 13.8.